The molecule has 0 bridgehead atoms. The van der Waals surface area contributed by atoms with Gasteiger partial charge in [-0.3, -0.25) is 9.78 Å². The van der Waals surface area contributed by atoms with Gasteiger partial charge >= 0.3 is 0 Å². The Bertz CT molecular complexity index is 1090. The molecular weight excluding hydrogens is 388 g/mol. The highest BCUT2D eigenvalue weighted by Crippen LogP contribution is 2.48. The van der Waals surface area contributed by atoms with Gasteiger partial charge < -0.3 is 5.32 Å². The van der Waals surface area contributed by atoms with Crippen LogP contribution in [0.25, 0.3) is 16.5 Å². The van der Waals surface area contributed by atoms with Crippen LogP contribution in [0.3, 0.4) is 0 Å². The molecule has 2 aromatic carbocycles. The molecule has 0 spiro atoms. The Labute approximate surface area is 160 Å². The molecule has 5 rings (SSSR count). The monoisotopic (exact) mass is 404 g/mol. The van der Waals surface area contributed by atoms with Crippen molar-refractivity contribution >= 4 is 43.9 Å². The first-order chi connectivity index (χ1) is 12.7. The zero-order chi connectivity index (χ0) is 17.7. The molecule has 3 nitrogen and oxygen atoms in total. The standard InChI is InChI=1S/C22H17BrN2O/c23-17-8-2-1-5-15(17)22-20-13(6-3-9-19(20)26)14-10-11-18-16(21(14)25-22)7-4-12-24-18/h1-2,4-5,7-8,10-12,22,25H,3,6,9H2/t22-/m1/s1. The highest BCUT2D eigenvalue weighted by Gasteiger charge is 2.35. The number of fused-ring (bicyclic) bond motifs is 4. The van der Waals surface area contributed by atoms with Gasteiger partial charge in [-0.25, -0.2) is 0 Å². The number of Topliss-reactive ketones (excluding diaryl/α,β-unsaturated/α-hetero) is 1. The van der Waals surface area contributed by atoms with E-state index in [1.807, 2.05) is 30.5 Å². The SMILES string of the molecule is O=C1CCCC2=C1[C@@H](c1ccccc1Br)Nc1c2ccc2ncccc12. The fourth-order valence-corrected chi connectivity index (χ4v) is 4.71. The van der Waals surface area contributed by atoms with Gasteiger partial charge in [0.05, 0.1) is 17.2 Å². The topological polar surface area (TPSA) is 42.0 Å². The Kier molecular flexibility index (Phi) is 3.68. The van der Waals surface area contributed by atoms with Crippen molar-refractivity contribution in [1.82, 2.24) is 4.98 Å². The van der Waals surface area contributed by atoms with Crippen LogP contribution in [0.4, 0.5) is 5.69 Å². The fourth-order valence-electron chi connectivity index (χ4n) is 4.20. The molecule has 2 heterocycles. The summed E-state index contributed by atoms with van der Waals surface area (Å²) >= 11 is 3.67. The van der Waals surface area contributed by atoms with Crippen LogP contribution >= 0.6 is 15.9 Å². The quantitative estimate of drug-likeness (QED) is 0.567. The number of nitrogens with one attached hydrogen (secondary N) is 1. The van der Waals surface area contributed by atoms with Gasteiger partial charge in [0.1, 0.15) is 0 Å². The maximum Gasteiger partial charge on any atom is 0.161 e. The maximum absolute atomic E-state index is 12.9. The molecule has 1 aliphatic carbocycles. The molecule has 128 valence electrons. The van der Waals surface area contributed by atoms with Crippen LogP contribution in [-0.4, -0.2) is 10.8 Å². The lowest BCUT2D eigenvalue weighted by molar-refractivity contribution is -0.116. The molecule has 0 fully saturated rings. The summed E-state index contributed by atoms with van der Waals surface area (Å²) in [6, 6.07) is 16.2. The van der Waals surface area contributed by atoms with E-state index in [0.717, 1.165) is 50.6 Å². The van der Waals surface area contributed by atoms with Crippen molar-refractivity contribution in [2.75, 3.05) is 5.32 Å². The van der Waals surface area contributed by atoms with E-state index in [4.69, 9.17) is 0 Å². The molecule has 1 N–H and O–H groups in total. The fraction of sp³-hybridized carbons (Fsp3) is 0.182. The molecule has 0 amide bonds. The number of pyridine rings is 1. The summed E-state index contributed by atoms with van der Waals surface area (Å²) in [5.41, 5.74) is 6.43. The Hall–Kier alpha value is -2.46. The van der Waals surface area contributed by atoms with Gasteiger partial charge in [0.2, 0.25) is 0 Å². The third kappa shape index (κ3) is 2.32. The minimum atomic E-state index is -0.133. The largest absolute Gasteiger partial charge is 0.373 e. The minimum absolute atomic E-state index is 0.133. The molecule has 1 aromatic heterocycles. The van der Waals surface area contributed by atoms with Crippen LogP contribution in [0.5, 0.6) is 0 Å². The number of halogens is 1. The first kappa shape index (κ1) is 15.8. The number of benzene rings is 2. The van der Waals surface area contributed by atoms with Crippen molar-refractivity contribution in [1.29, 1.82) is 0 Å². The molecule has 1 atom stereocenters. The van der Waals surface area contributed by atoms with Crippen molar-refractivity contribution < 1.29 is 4.79 Å². The third-order valence-corrected chi connectivity index (χ3v) is 6.08. The van der Waals surface area contributed by atoms with Gasteiger partial charge in [0.25, 0.3) is 0 Å². The highest BCUT2D eigenvalue weighted by atomic mass is 79.9. The van der Waals surface area contributed by atoms with Crippen molar-refractivity contribution in [2.45, 2.75) is 25.3 Å². The lowest BCUT2D eigenvalue weighted by atomic mass is 9.77. The van der Waals surface area contributed by atoms with Gasteiger partial charge in [-0.15, -0.1) is 0 Å². The molecule has 0 radical (unpaired) electrons. The number of hydrogen-bond acceptors (Lipinski definition) is 3. The van der Waals surface area contributed by atoms with Crippen molar-refractivity contribution in [3.05, 3.63) is 75.9 Å². The van der Waals surface area contributed by atoms with E-state index in [2.05, 4.69) is 50.5 Å². The van der Waals surface area contributed by atoms with Crippen LogP contribution < -0.4 is 5.32 Å². The number of carbonyl (C=O) groups is 1. The lowest BCUT2D eigenvalue weighted by Gasteiger charge is -2.35. The molecular formula is C22H17BrN2O. The van der Waals surface area contributed by atoms with E-state index in [0.29, 0.717) is 6.42 Å². The molecule has 0 saturated carbocycles. The normalized spacial score (nSPS) is 19.1. The summed E-state index contributed by atoms with van der Waals surface area (Å²) in [6.45, 7) is 0. The van der Waals surface area contributed by atoms with Crippen LogP contribution in [0, 0.1) is 0 Å². The second kappa shape index (κ2) is 6.06. The Balaban J connectivity index is 1.81. The third-order valence-electron chi connectivity index (χ3n) is 5.36. The first-order valence-corrected chi connectivity index (χ1v) is 9.68. The van der Waals surface area contributed by atoms with E-state index in [-0.39, 0.29) is 11.8 Å². The summed E-state index contributed by atoms with van der Waals surface area (Å²) < 4.78 is 1.02. The zero-order valence-electron chi connectivity index (χ0n) is 14.1. The number of hydrogen-bond donors (Lipinski definition) is 1. The van der Waals surface area contributed by atoms with Crippen LogP contribution in [0.15, 0.2) is 64.8 Å². The number of ketones is 1. The number of carbonyl (C=O) groups excluding carboxylic acids is 1. The molecule has 3 aromatic rings. The van der Waals surface area contributed by atoms with E-state index in [9.17, 15) is 4.79 Å². The second-order valence-corrected chi connectivity index (χ2v) is 7.68. The second-order valence-electron chi connectivity index (χ2n) is 6.83. The maximum atomic E-state index is 12.9. The van der Waals surface area contributed by atoms with Gasteiger partial charge in [-0.05, 0) is 48.2 Å². The van der Waals surface area contributed by atoms with E-state index >= 15 is 0 Å². The van der Waals surface area contributed by atoms with E-state index in [1.54, 1.807) is 0 Å². The Morgan fingerprint density at radius 3 is 2.81 bits per heavy atom. The van der Waals surface area contributed by atoms with E-state index in [1.165, 1.54) is 5.57 Å². The number of nitrogens with zero attached hydrogens (tertiary/aromatic N) is 1. The minimum Gasteiger partial charge on any atom is -0.373 e. The predicted octanol–water partition coefficient (Wildman–Crippen LogP) is 5.67. The summed E-state index contributed by atoms with van der Waals surface area (Å²) in [5, 5.41) is 4.78. The predicted molar refractivity (Wildman–Crippen MR) is 108 cm³/mol. The first-order valence-electron chi connectivity index (χ1n) is 8.89. The molecule has 1 aliphatic heterocycles. The van der Waals surface area contributed by atoms with Gasteiger partial charge in [0, 0.05) is 33.6 Å². The summed E-state index contributed by atoms with van der Waals surface area (Å²) in [4.78, 5) is 17.4. The molecule has 4 heteroatoms. The smallest absolute Gasteiger partial charge is 0.161 e. The number of allylic oxidation sites excluding steroid dienone is 1. The average molecular weight is 405 g/mol. The van der Waals surface area contributed by atoms with Crippen LogP contribution in [0.2, 0.25) is 0 Å². The van der Waals surface area contributed by atoms with Crippen molar-refractivity contribution in [3.8, 4) is 0 Å². The van der Waals surface area contributed by atoms with E-state index < -0.39 is 0 Å². The lowest BCUT2D eigenvalue weighted by Crippen LogP contribution is -2.27. The molecule has 26 heavy (non-hydrogen) atoms. The Morgan fingerprint density at radius 2 is 1.92 bits per heavy atom. The zero-order valence-corrected chi connectivity index (χ0v) is 15.7. The molecule has 0 unspecified atom stereocenters. The number of anilines is 1. The van der Waals surface area contributed by atoms with Gasteiger partial charge in [-0.1, -0.05) is 40.2 Å². The van der Waals surface area contributed by atoms with Crippen LogP contribution in [-0.2, 0) is 4.79 Å². The molecule has 2 aliphatic rings. The van der Waals surface area contributed by atoms with Gasteiger partial charge in [-0.2, -0.15) is 0 Å². The summed E-state index contributed by atoms with van der Waals surface area (Å²) in [6.07, 6.45) is 4.32. The number of rotatable bonds is 1. The molecule has 0 saturated heterocycles. The highest BCUT2D eigenvalue weighted by molar-refractivity contribution is 9.10. The van der Waals surface area contributed by atoms with Crippen molar-refractivity contribution in [3.63, 3.8) is 0 Å². The van der Waals surface area contributed by atoms with Gasteiger partial charge in [0.15, 0.2) is 5.78 Å². The Morgan fingerprint density at radius 1 is 1.04 bits per heavy atom. The van der Waals surface area contributed by atoms with Crippen molar-refractivity contribution in [2.24, 2.45) is 0 Å². The summed E-state index contributed by atoms with van der Waals surface area (Å²) in [5.74, 6) is 0.261. The number of aromatic nitrogens is 1. The van der Waals surface area contributed by atoms with Crippen LogP contribution in [0.1, 0.15) is 36.4 Å². The summed E-state index contributed by atoms with van der Waals surface area (Å²) in [7, 11) is 0. The average Bonchev–Trinajstić information content (AvgIpc) is 2.68.